The van der Waals surface area contributed by atoms with Crippen LogP contribution in [-0.2, 0) is 7.05 Å². The van der Waals surface area contributed by atoms with Crippen molar-refractivity contribution in [3.05, 3.63) is 48.2 Å². The second kappa shape index (κ2) is 4.98. The molecule has 4 rings (SSSR count). The minimum Gasteiger partial charge on any atom is -0.496 e. The highest BCUT2D eigenvalue weighted by molar-refractivity contribution is 5.48. The number of imidazole rings is 1. The largest absolute Gasteiger partial charge is 0.496 e. The fraction of sp³-hybridized carbons (Fsp3) is 0.312. The number of rotatable bonds is 4. The molecule has 2 atom stereocenters. The molecule has 1 saturated carbocycles. The van der Waals surface area contributed by atoms with E-state index in [4.69, 9.17) is 9.26 Å². The molecule has 6 heteroatoms. The first-order valence-corrected chi connectivity index (χ1v) is 7.21. The summed E-state index contributed by atoms with van der Waals surface area (Å²) in [6, 6.07) is 8.09. The number of ether oxygens (including phenoxy) is 1. The van der Waals surface area contributed by atoms with Crippen molar-refractivity contribution in [2.45, 2.75) is 18.3 Å². The van der Waals surface area contributed by atoms with Crippen molar-refractivity contribution in [1.29, 1.82) is 0 Å². The molecule has 2 aromatic heterocycles. The lowest BCUT2D eigenvalue weighted by atomic mass is 10.1. The number of hydrogen-bond acceptors (Lipinski definition) is 5. The number of aryl methyl sites for hydroxylation is 1. The van der Waals surface area contributed by atoms with Crippen molar-refractivity contribution < 1.29 is 9.26 Å². The molecule has 0 radical (unpaired) electrons. The Morgan fingerprint density at radius 2 is 2.14 bits per heavy atom. The fourth-order valence-electron chi connectivity index (χ4n) is 2.85. The zero-order valence-corrected chi connectivity index (χ0v) is 12.4. The second-order valence-corrected chi connectivity index (χ2v) is 5.54. The highest BCUT2D eigenvalue weighted by Crippen LogP contribution is 2.56. The maximum absolute atomic E-state index is 5.45. The fourth-order valence-corrected chi connectivity index (χ4v) is 2.85. The van der Waals surface area contributed by atoms with Crippen molar-refractivity contribution in [2.24, 2.45) is 7.05 Å². The van der Waals surface area contributed by atoms with Crippen molar-refractivity contribution in [3.8, 4) is 17.3 Å². The Morgan fingerprint density at radius 1 is 1.27 bits per heavy atom. The van der Waals surface area contributed by atoms with E-state index in [-0.39, 0.29) is 5.92 Å². The van der Waals surface area contributed by atoms with Gasteiger partial charge in [0, 0.05) is 13.0 Å². The Bertz CT molecular complexity index is 808. The van der Waals surface area contributed by atoms with Gasteiger partial charge in [-0.05, 0) is 24.0 Å². The van der Waals surface area contributed by atoms with Crippen LogP contribution in [0.4, 0.5) is 0 Å². The average Bonchev–Trinajstić information content (AvgIpc) is 2.98. The van der Waals surface area contributed by atoms with E-state index in [0.29, 0.717) is 17.6 Å². The molecule has 3 aromatic rings. The molecule has 6 nitrogen and oxygen atoms in total. The zero-order valence-electron chi connectivity index (χ0n) is 12.4. The molecule has 0 bridgehead atoms. The molecule has 22 heavy (non-hydrogen) atoms. The first-order valence-electron chi connectivity index (χ1n) is 7.21. The number of benzene rings is 1. The topological polar surface area (TPSA) is 66.0 Å². The van der Waals surface area contributed by atoms with E-state index in [2.05, 4.69) is 21.2 Å². The summed E-state index contributed by atoms with van der Waals surface area (Å²) in [5.41, 5.74) is 2.06. The van der Waals surface area contributed by atoms with Gasteiger partial charge >= 0.3 is 0 Å². The Kier molecular flexibility index (Phi) is 2.96. The quantitative estimate of drug-likeness (QED) is 0.740. The Balaban J connectivity index is 1.58. The molecule has 0 saturated heterocycles. The van der Waals surface area contributed by atoms with Crippen LogP contribution in [0.1, 0.15) is 29.7 Å². The Hall–Kier alpha value is -2.63. The Morgan fingerprint density at radius 3 is 2.91 bits per heavy atom. The summed E-state index contributed by atoms with van der Waals surface area (Å²) in [4.78, 5) is 8.61. The van der Waals surface area contributed by atoms with Gasteiger partial charge in [0.2, 0.25) is 11.7 Å². The monoisotopic (exact) mass is 296 g/mol. The van der Waals surface area contributed by atoms with Gasteiger partial charge < -0.3 is 13.8 Å². The molecule has 112 valence electrons. The first kappa shape index (κ1) is 13.1. The minimum atomic E-state index is 0.269. The van der Waals surface area contributed by atoms with Crippen LogP contribution >= 0.6 is 0 Å². The Labute approximate surface area is 127 Å². The van der Waals surface area contributed by atoms with Gasteiger partial charge in [0.25, 0.3) is 0 Å². The molecule has 2 heterocycles. The molecule has 0 spiro atoms. The second-order valence-electron chi connectivity index (χ2n) is 5.54. The third-order valence-electron chi connectivity index (χ3n) is 4.13. The average molecular weight is 296 g/mol. The number of methoxy groups -OCH3 is 1. The predicted molar refractivity (Wildman–Crippen MR) is 79.6 cm³/mol. The molecule has 0 unspecified atom stereocenters. The third kappa shape index (κ3) is 2.07. The van der Waals surface area contributed by atoms with Crippen molar-refractivity contribution in [1.82, 2.24) is 19.7 Å². The maximum Gasteiger partial charge on any atom is 0.230 e. The summed E-state index contributed by atoms with van der Waals surface area (Å²) in [6.45, 7) is 0. The minimum absolute atomic E-state index is 0.269. The molecule has 1 aromatic carbocycles. The van der Waals surface area contributed by atoms with Gasteiger partial charge in [-0.2, -0.15) is 4.98 Å². The van der Waals surface area contributed by atoms with Crippen LogP contribution in [0.5, 0.6) is 5.75 Å². The lowest BCUT2D eigenvalue weighted by Crippen LogP contribution is -1.92. The van der Waals surface area contributed by atoms with E-state index >= 15 is 0 Å². The lowest BCUT2D eigenvalue weighted by Gasteiger charge is -2.06. The molecular weight excluding hydrogens is 280 g/mol. The van der Waals surface area contributed by atoms with Crippen LogP contribution in [0.3, 0.4) is 0 Å². The van der Waals surface area contributed by atoms with Crippen LogP contribution in [0.2, 0.25) is 0 Å². The molecule has 0 amide bonds. The SMILES string of the molecule is COc1ccccc1[C@@H]1C[C@H]1c1nc(-c2cncn2C)no1. The van der Waals surface area contributed by atoms with Gasteiger partial charge in [0.15, 0.2) is 0 Å². The highest BCUT2D eigenvalue weighted by Gasteiger charge is 2.45. The van der Waals surface area contributed by atoms with Gasteiger partial charge in [-0.3, -0.25) is 0 Å². The summed E-state index contributed by atoms with van der Waals surface area (Å²) in [7, 11) is 3.61. The standard InChI is InChI=1S/C16H16N4O2/c1-20-9-17-8-13(20)15-18-16(22-19-15)12-7-11(12)10-5-3-4-6-14(10)21-2/h3-6,8-9,11-12H,7H2,1-2H3/t11-,12+/m0/s1. The van der Waals surface area contributed by atoms with E-state index < -0.39 is 0 Å². The maximum atomic E-state index is 5.45. The van der Waals surface area contributed by atoms with Crippen LogP contribution in [-0.4, -0.2) is 26.8 Å². The summed E-state index contributed by atoms with van der Waals surface area (Å²) in [5.74, 6) is 2.84. The lowest BCUT2D eigenvalue weighted by molar-refractivity contribution is 0.377. The zero-order chi connectivity index (χ0) is 15.1. The molecule has 1 fully saturated rings. The number of hydrogen-bond donors (Lipinski definition) is 0. The van der Waals surface area contributed by atoms with Gasteiger partial charge in [-0.25, -0.2) is 4.98 Å². The summed E-state index contributed by atoms with van der Waals surface area (Å²) in [6.07, 6.45) is 4.47. The van der Waals surface area contributed by atoms with Crippen molar-refractivity contribution in [2.75, 3.05) is 7.11 Å². The van der Waals surface area contributed by atoms with Gasteiger partial charge in [0.05, 0.1) is 19.6 Å². The first-order chi connectivity index (χ1) is 10.8. The van der Waals surface area contributed by atoms with Gasteiger partial charge in [-0.15, -0.1) is 0 Å². The smallest absolute Gasteiger partial charge is 0.230 e. The molecule has 1 aliphatic carbocycles. The third-order valence-corrected chi connectivity index (χ3v) is 4.13. The van der Waals surface area contributed by atoms with Crippen LogP contribution < -0.4 is 4.74 Å². The van der Waals surface area contributed by atoms with Crippen molar-refractivity contribution in [3.63, 3.8) is 0 Å². The summed E-state index contributed by atoms with van der Waals surface area (Å²) < 4.78 is 12.8. The highest BCUT2D eigenvalue weighted by atomic mass is 16.5. The van der Waals surface area contributed by atoms with Gasteiger partial charge in [0.1, 0.15) is 11.4 Å². The molecule has 0 N–H and O–H groups in total. The van der Waals surface area contributed by atoms with E-state index in [9.17, 15) is 0 Å². The summed E-state index contributed by atoms with van der Waals surface area (Å²) >= 11 is 0. The van der Waals surface area contributed by atoms with E-state index in [1.807, 2.05) is 29.8 Å². The van der Waals surface area contributed by atoms with Crippen LogP contribution in [0.25, 0.3) is 11.5 Å². The molecular formula is C16H16N4O2. The predicted octanol–water partition coefficient (Wildman–Crippen LogP) is 2.75. The molecule has 1 aliphatic rings. The summed E-state index contributed by atoms with van der Waals surface area (Å²) in [5, 5.41) is 4.07. The number of aromatic nitrogens is 4. The van der Waals surface area contributed by atoms with E-state index in [1.54, 1.807) is 19.6 Å². The molecule has 0 aliphatic heterocycles. The number of nitrogens with zero attached hydrogens (tertiary/aromatic N) is 4. The number of para-hydroxylation sites is 1. The van der Waals surface area contributed by atoms with Gasteiger partial charge in [-0.1, -0.05) is 23.4 Å². The van der Waals surface area contributed by atoms with Crippen LogP contribution in [0, 0.1) is 0 Å². The van der Waals surface area contributed by atoms with Crippen molar-refractivity contribution >= 4 is 0 Å². The van der Waals surface area contributed by atoms with E-state index in [1.165, 1.54) is 5.56 Å². The van der Waals surface area contributed by atoms with E-state index in [0.717, 1.165) is 17.9 Å². The van der Waals surface area contributed by atoms with Crippen LogP contribution in [0.15, 0.2) is 41.3 Å². The normalized spacial score (nSPS) is 20.1.